The SMILES string of the molecule is O=c1oc2ccc(O)cc2cc1-c1ccccc1F. The van der Waals surface area contributed by atoms with E-state index < -0.39 is 11.4 Å². The Morgan fingerprint density at radius 3 is 2.58 bits per heavy atom. The third kappa shape index (κ3) is 1.97. The number of phenolic OH excluding ortho intramolecular Hbond substituents is 1. The molecule has 0 unspecified atom stereocenters. The van der Waals surface area contributed by atoms with Crippen LogP contribution in [0.2, 0.25) is 0 Å². The van der Waals surface area contributed by atoms with Crippen LogP contribution in [-0.4, -0.2) is 5.11 Å². The predicted molar refractivity (Wildman–Crippen MR) is 69.5 cm³/mol. The molecular weight excluding hydrogens is 247 g/mol. The van der Waals surface area contributed by atoms with Crippen LogP contribution >= 0.6 is 0 Å². The van der Waals surface area contributed by atoms with Crippen molar-refractivity contribution < 1.29 is 13.9 Å². The zero-order valence-electron chi connectivity index (χ0n) is 9.76. The average molecular weight is 256 g/mol. The van der Waals surface area contributed by atoms with Gasteiger partial charge in [-0.15, -0.1) is 0 Å². The summed E-state index contributed by atoms with van der Waals surface area (Å²) in [6, 6.07) is 11.9. The Bertz CT molecular complexity index is 821. The topological polar surface area (TPSA) is 50.4 Å². The van der Waals surface area contributed by atoms with Crippen molar-refractivity contribution in [3.63, 3.8) is 0 Å². The molecule has 3 aromatic rings. The van der Waals surface area contributed by atoms with E-state index in [0.29, 0.717) is 11.0 Å². The molecule has 0 saturated carbocycles. The van der Waals surface area contributed by atoms with Gasteiger partial charge in [0.25, 0.3) is 0 Å². The third-order valence-corrected chi connectivity index (χ3v) is 2.88. The highest BCUT2D eigenvalue weighted by Crippen LogP contribution is 2.25. The molecule has 1 aromatic heterocycles. The summed E-state index contributed by atoms with van der Waals surface area (Å²) in [5.41, 5.74) is 0.0591. The van der Waals surface area contributed by atoms with Crippen LogP contribution in [0.5, 0.6) is 5.75 Å². The number of aromatic hydroxyl groups is 1. The first-order valence-electron chi connectivity index (χ1n) is 5.67. The summed E-state index contributed by atoms with van der Waals surface area (Å²) >= 11 is 0. The van der Waals surface area contributed by atoms with Gasteiger partial charge in [-0.2, -0.15) is 0 Å². The summed E-state index contributed by atoms with van der Waals surface area (Å²) in [7, 11) is 0. The van der Waals surface area contributed by atoms with Gasteiger partial charge in [-0.05, 0) is 30.3 Å². The molecule has 3 nitrogen and oxygen atoms in total. The zero-order valence-corrected chi connectivity index (χ0v) is 9.76. The standard InChI is InChI=1S/C15H9FO3/c16-13-4-2-1-3-11(13)12-8-9-7-10(17)5-6-14(9)19-15(12)18/h1-8,17H. The van der Waals surface area contributed by atoms with E-state index in [0.717, 1.165) is 0 Å². The lowest BCUT2D eigenvalue weighted by Crippen LogP contribution is -2.03. The van der Waals surface area contributed by atoms with Crippen LogP contribution in [0.15, 0.2) is 57.7 Å². The minimum atomic E-state index is -0.608. The molecule has 0 amide bonds. The third-order valence-electron chi connectivity index (χ3n) is 2.88. The van der Waals surface area contributed by atoms with Crippen LogP contribution < -0.4 is 5.63 Å². The lowest BCUT2D eigenvalue weighted by atomic mass is 10.1. The molecule has 4 heteroatoms. The van der Waals surface area contributed by atoms with Gasteiger partial charge in [0, 0.05) is 10.9 Å². The van der Waals surface area contributed by atoms with Gasteiger partial charge in [0.2, 0.25) is 0 Å². The smallest absolute Gasteiger partial charge is 0.344 e. The Morgan fingerprint density at radius 2 is 1.79 bits per heavy atom. The van der Waals surface area contributed by atoms with Crippen molar-refractivity contribution in [2.24, 2.45) is 0 Å². The Morgan fingerprint density at radius 1 is 1.00 bits per heavy atom. The molecule has 0 spiro atoms. The summed E-state index contributed by atoms with van der Waals surface area (Å²) in [5, 5.41) is 9.96. The first-order valence-corrected chi connectivity index (χ1v) is 5.67. The maximum absolute atomic E-state index is 13.7. The molecule has 0 aliphatic carbocycles. The molecule has 0 bridgehead atoms. The Kier molecular flexibility index (Phi) is 2.56. The number of halogens is 1. The number of hydrogen-bond donors (Lipinski definition) is 1. The highest BCUT2D eigenvalue weighted by molar-refractivity contribution is 5.82. The van der Waals surface area contributed by atoms with Crippen LogP contribution in [0, 0.1) is 5.82 Å². The van der Waals surface area contributed by atoms with E-state index in [9.17, 15) is 14.3 Å². The average Bonchev–Trinajstić information content (AvgIpc) is 2.39. The van der Waals surface area contributed by atoms with Crippen molar-refractivity contribution in [1.29, 1.82) is 0 Å². The maximum atomic E-state index is 13.7. The number of rotatable bonds is 1. The van der Waals surface area contributed by atoms with E-state index in [2.05, 4.69) is 0 Å². The van der Waals surface area contributed by atoms with E-state index in [1.807, 2.05) is 0 Å². The molecule has 1 N–H and O–H groups in total. The van der Waals surface area contributed by atoms with Crippen molar-refractivity contribution >= 4 is 11.0 Å². The molecule has 0 radical (unpaired) electrons. The van der Waals surface area contributed by atoms with Gasteiger partial charge < -0.3 is 9.52 Å². The van der Waals surface area contributed by atoms with E-state index in [-0.39, 0.29) is 16.9 Å². The highest BCUT2D eigenvalue weighted by atomic mass is 19.1. The monoisotopic (exact) mass is 256 g/mol. The van der Waals surface area contributed by atoms with Crippen molar-refractivity contribution in [1.82, 2.24) is 0 Å². The van der Waals surface area contributed by atoms with E-state index in [1.165, 1.54) is 36.4 Å². The molecule has 2 aromatic carbocycles. The zero-order chi connectivity index (χ0) is 13.4. The Labute approximate surface area is 107 Å². The summed E-state index contributed by atoms with van der Waals surface area (Å²) in [4.78, 5) is 11.9. The summed E-state index contributed by atoms with van der Waals surface area (Å²) in [6.07, 6.45) is 0. The van der Waals surface area contributed by atoms with Crippen molar-refractivity contribution in [2.45, 2.75) is 0 Å². The molecule has 0 fully saturated rings. The molecule has 0 atom stereocenters. The van der Waals surface area contributed by atoms with Gasteiger partial charge in [0.05, 0.1) is 5.56 Å². The quantitative estimate of drug-likeness (QED) is 0.679. The summed E-state index contributed by atoms with van der Waals surface area (Å²) in [6.45, 7) is 0. The largest absolute Gasteiger partial charge is 0.508 e. The fourth-order valence-corrected chi connectivity index (χ4v) is 1.98. The second kappa shape index (κ2) is 4.24. The minimum Gasteiger partial charge on any atom is -0.508 e. The van der Waals surface area contributed by atoms with E-state index >= 15 is 0 Å². The van der Waals surface area contributed by atoms with Crippen LogP contribution in [0.4, 0.5) is 4.39 Å². The molecule has 94 valence electrons. The van der Waals surface area contributed by atoms with Gasteiger partial charge in [-0.25, -0.2) is 9.18 Å². The molecule has 3 rings (SSSR count). The van der Waals surface area contributed by atoms with Gasteiger partial charge >= 0.3 is 5.63 Å². The van der Waals surface area contributed by atoms with E-state index in [1.54, 1.807) is 12.1 Å². The fourth-order valence-electron chi connectivity index (χ4n) is 1.98. The Hall–Kier alpha value is -2.62. The van der Waals surface area contributed by atoms with Crippen LogP contribution in [-0.2, 0) is 0 Å². The van der Waals surface area contributed by atoms with Crippen LogP contribution in [0.1, 0.15) is 0 Å². The van der Waals surface area contributed by atoms with Crippen LogP contribution in [0.25, 0.3) is 22.1 Å². The maximum Gasteiger partial charge on any atom is 0.344 e. The fraction of sp³-hybridized carbons (Fsp3) is 0. The number of hydrogen-bond acceptors (Lipinski definition) is 3. The van der Waals surface area contributed by atoms with Crippen molar-refractivity contribution in [3.8, 4) is 16.9 Å². The molecule has 0 aliphatic rings. The molecule has 19 heavy (non-hydrogen) atoms. The highest BCUT2D eigenvalue weighted by Gasteiger charge is 2.11. The molecule has 0 aliphatic heterocycles. The molecule has 0 saturated heterocycles. The Balaban J connectivity index is 2.33. The van der Waals surface area contributed by atoms with Gasteiger partial charge in [-0.3, -0.25) is 0 Å². The second-order valence-electron chi connectivity index (χ2n) is 4.15. The molecular formula is C15H9FO3. The van der Waals surface area contributed by atoms with Gasteiger partial charge in [0.15, 0.2) is 0 Å². The molecule has 1 heterocycles. The van der Waals surface area contributed by atoms with Gasteiger partial charge in [0.1, 0.15) is 17.1 Å². The summed E-state index contributed by atoms with van der Waals surface area (Å²) in [5.74, 6) is -0.435. The lowest BCUT2D eigenvalue weighted by molar-refractivity contribution is 0.475. The number of benzene rings is 2. The van der Waals surface area contributed by atoms with Gasteiger partial charge in [-0.1, -0.05) is 18.2 Å². The minimum absolute atomic E-state index is 0.0563. The predicted octanol–water partition coefficient (Wildman–Crippen LogP) is 3.30. The summed E-state index contributed by atoms with van der Waals surface area (Å²) < 4.78 is 18.8. The number of phenols is 1. The van der Waals surface area contributed by atoms with Crippen molar-refractivity contribution in [2.75, 3.05) is 0 Å². The normalized spacial score (nSPS) is 10.8. The van der Waals surface area contributed by atoms with Crippen LogP contribution in [0.3, 0.4) is 0 Å². The number of fused-ring (bicyclic) bond motifs is 1. The van der Waals surface area contributed by atoms with E-state index in [4.69, 9.17) is 4.42 Å². The lowest BCUT2D eigenvalue weighted by Gasteiger charge is -2.04. The van der Waals surface area contributed by atoms with Crippen molar-refractivity contribution in [3.05, 3.63) is 64.8 Å². The first kappa shape index (κ1) is 11.5. The second-order valence-corrected chi connectivity index (χ2v) is 4.15. The first-order chi connectivity index (χ1) is 9.15.